The fourth-order valence-electron chi connectivity index (χ4n) is 4.71. The number of amides is 1. The van der Waals surface area contributed by atoms with Gasteiger partial charge in [-0.05, 0) is 60.4 Å². The first-order valence-electron chi connectivity index (χ1n) is 11.6. The zero-order chi connectivity index (χ0) is 27.0. The van der Waals surface area contributed by atoms with Crippen LogP contribution < -0.4 is 10.6 Å². The van der Waals surface area contributed by atoms with Crippen LogP contribution in [0, 0.1) is 17.6 Å². The zero-order valence-corrected chi connectivity index (χ0v) is 20.3. The Morgan fingerprint density at radius 1 is 1.05 bits per heavy atom. The summed E-state index contributed by atoms with van der Waals surface area (Å²) < 4.78 is 107. The quantitative estimate of drug-likeness (QED) is 0.535. The van der Waals surface area contributed by atoms with Crippen LogP contribution in [0.25, 0.3) is 0 Å². The Balaban J connectivity index is 1.43. The summed E-state index contributed by atoms with van der Waals surface area (Å²) in [7, 11) is -4.29. The van der Waals surface area contributed by atoms with Gasteiger partial charge >= 0.3 is 6.18 Å². The van der Waals surface area contributed by atoms with Gasteiger partial charge in [0.1, 0.15) is 23.8 Å². The first-order chi connectivity index (χ1) is 17.3. The van der Waals surface area contributed by atoms with Crippen molar-refractivity contribution in [3.8, 4) is 0 Å². The normalized spacial score (nSPS) is 25.2. The Labute approximate surface area is 210 Å². The summed E-state index contributed by atoms with van der Waals surface area (Å²) in [6.07, 6.45) is -6.24. The van der Waals surface area contributed by atoms with Gasteiger partial charge in [0.15, 0.2) is 0 Å². The van der Waals surface area contributed by atoms with Crippen LogP contribution in [0.5, 0.6) is 0 Å². The van der Waals surface area contributed by atoms with Gasteiger partial charge in [-0.3, -0.25) is 4.79 Å². The zero-order valence-electron chi connectivity index (χ0n) is 19.4. The molecule has 2 aromatic rings. The molecule has 202 valence electrons. The van der Waals surface area contributed by atoms with Crippen LogP contribution in [-0.4, -0.2) is 50.1 Å². The monoisotopic (exact) mass is 549 g/mol. The van der Waals surface area contributed by atoms with Crippen LogP contribution in [0.3, 0.4) is 0 Å². The molecule has 0 aromatic heterocycles. The van der Waals surface area contributed by atoms with E-state index in [4.69, 9.17) is 0 Å². The summed E-state index contributed by atoms with van der Waals surface area (Å²) in [5, 5.41) is 5.29. The van der Waals surface area contributed by atoms with Crippen LogP contribution in [0.1, 0.15) is 36.4 Å². The fourth-order valence-corrected chi connectivity index (χ4v) is 6.33. The Morgan fingerprint density at radius 3 is 2.38 bits per heavy atom. The molecule has 0 radical (unpaired) electrons. The summed E-state index contributed by atoms with van der Waals surface area (Å²) in [6.45, 7) is -1.05. The molecule has 0 saturated carbocycles. The largest absolute Gasteiger partial charge is 0.393 e. The smallest absolute Gasteiger partial charge is 0.351 e. The van der Waals surface area contributed by atoms with Gasteiger partial charge < -0.3 is 10.6 Å². The summed E-state index contributed by atoms with van der Waals surface area (Å²) in [5.41, 5.74) is 0.737. The topological polar surface area (TPSA) is 78.5 Å². The molecule has 4 unspecified atom stereocenters. The number of nitrogens with one attached hydrogen (secondary N) is 2. The van der Waals surface area contributed by atoms with Gasteiger partial charge in [0.05, 0.1) is 10.8 Å². The Hall–Kier alpha value is -2.64. The van der Waals surface area contributed by atoms with E-state index in [0.717, 1.165) is 34.6 Å². The van der Waals surface area contributed by atoms with E-state index in [1.54, 1.807) is 6.07 Å². The lowest BCUT2D eigenvalue weighted by Gasteiger charge is -2.31. The lowest BCUT2D eigenvalue weighted by molar-refractivity contribution is -0.179. The summed E-state index contributed by atoms with van der Waals surface area (Å²) in [6, 6.07) is 5.97. The molecule has 0 bridgehead atoms. The second-order valence-electron chi connectivity index (χ2n) is 9.26. The lowest BCUT2D eigenvalue weighted by atomic mass is 9.90. The first kappa shape index (κ1) is 27.4. The number of nitrogens with zero attached hydrogens (tertiary/aromatic N) is 1. The van der Waals surface area contributed by atoms with Crippen molar-refractivity contribution in [2.75, 3.05) is 13.1 Å². The number of carbonyl (C=O) groups excluding carboxylic acids is 1. The van der Waals surface area contributed by atoms with Crippen molar-refractivity contribution in [1.29, 1.82) is 0 Å². The molecule has 2 heterocycles. The molecule has 13 heteroatoms. The van der Waals surface area contributed by atoms with Crippen molar-refractivity contribution in [3.63, 3.8) is 0 Å². The Morgan fingerprint density at radius 2 is 1.76 bits per heavy atom. The number of piperidine rings is 1. The summed E-state index contributed by atoms with van der Waals surface area (Å²) >= 11 is 0. The predicted octanol–water partition coefficient (Wildman–Crippen LogP) is 3.99. The number of carbonyl (C=O) groups is 1. The van der Waals surface area contributed by atoms with Gasteiger partial charge in [-0.2, -0.15) is 17.5 Å². The molecular formula is C24H25F6N3O3S. The Bertz CT molecular complexity index is 1230. The number of halogens is 6. The van der Waals surface area contributed by atoms with E-state index in [1.165, 1.54) is 6.07 Å². The molecule has 4 atom stereocenters. The van der Waals surface area contributed by atoms with Crippen LogP contribution in [0.4, 0.5) is 26.3 Å². The lowest BCUT2D eigenvalue weighted by Crippen LogP contribution is -2.45. The molecule has 37 heavy (non-hydrogen) atoms. The van der Waals surface area contributed by atoms with Crippen LogP contribution >= 0.6 is 0 Å². The highest BCUT2D eigenvalue weighted by molar-refractivity contribution is 7.89. The van der Waals surface area contributed by atoms with Gasteiger partial charge in [-0.25, -0.2) is 21.6 Å². The second kappa shape index (κ2) is 10.6. The van der Waals surface area contributed by atoms with Crippen LogP contribution in [-0.2, 0) is 21.4 Å². The molecule has 2 aromatic carbocycles. The number of hydrogen-bond donors (Lipinski definition) is 2. The second-order valence-corrected chi connectivity index (χ2v) is 11.2. The molecule has 2 fully saturated rings. The van der Waals surface area contributed by atoms with Gasteiger partial charge in [0.25, 0.3) is 0 Å². The number of rotatable bonds is 6. The highest BCUT2D eigenvalue weighted by atomic mass is 32.2. The fraction of sp³-hybridized carbons (Fsp3) is 0.458. The van der Waals surface area contributed by atoms with Crippen molar-refractivity contribution < 1.29 is 39.6 Å². The third-order valence-corrected chi connectivity index (χ3v) is 8.54. The molecule has 2 aliphatic rings. The molecule has 2 saturated heterocycles. The maximum atomic E-state index is 14.3. The molecule has 4 rings (SSSR count). The minimum absolute atomic E-state index is 0.103. The third-order valence-electron chi connectivity index (χ3n) is 6.65. The van der Waals surface area contributed by atoms with E-state index in [-0.39, 0.29) is 37.2 Å². The van der Waals surface area contributed by atoms with E-state index < -0.39 is 64.5 Å². The summed E-state index contributed by atoms with van der Waals surface area (Å²) in [4.78, 5) is 12.6. The number of sulfonamides is 1. The SMILES string of the molecule is O=C(NCc1cc(F)cc(C2CCC(C(F)(F)F)CN2)c1)C1CC(F)CN1S(=O)(=O)c1ccc(F)cc1. The average Bonchev–Trinajstić information content (AvgIpc) is 3.25. The highest BCUT2D eigenvalue weighted by Gasteiger charge is 2.44. The van der Waals surface area contributed by atoms with E-state index in [9.17, 15) is 39.6 Å². The van der Waals surface area contributed by atoms with Crippen molar-refractivity contribution in [2.24, 2.45) is 5.92 Å². The number of alkyl halides is 4. The molecule has 0 spiro atoms. The van der Waals surface area contributed by atoms with Crippen LogP contribution in [0.15, 0.2) is 47.4 Å². The standard InChI is InChI=1S/C24H25F6N3O3S/c25-17-2-4-20(5-3-17)37(35,36)33-13-19(27)10-22(33)23(34)32-11-14-7-15(9-18(26)8-14)21-6-1-16(12-31-21)24(28,29)30/h2-5,7-9,16,19,21-22,31H,1,6,10-13H2,(H,32,34). The molecule has 1 amide bonds. The van der Waals surface area contributed by atoms with E-state index >= 15 is 0 Å². The van der Waals surface area contributed by atoms with Gasteiger partial charge in [0.2, 0.25) is 15.9 Å². The van der Waals surface area contributed by atoms with Crippen molar-refractivity contribution >= 4 is 15.9 Å². The highest BCUT2D eigenvalue weighted by Crippen LogP contribution is 2.36. The van der Waals surface area contributed by atoms with Gasteiger partial charge in [0, 0.05) is 32.1 Å². The van der Waals surface area contributed by atoms with Gasteiger partial charge in [-0.15, -0.1) is 0 Å². The minimum Gasteiger partial charge on any atom is -0.351 e. The van der Waals surface area contributed by atoms with Crippen LogP contribution in [0.2, 0.25) is 0 Å². The molecular weight excluding hydrogens is 524 g/mol. The molecule has 2 N–H and O–H groups in total. The van der Waals surface area contributed by atoms with Crippen molar-refractivity contribution in [3.05, 3.63) is 65.2 Å². The first-order valence-corrected chi connectivity index (χ1v) is 13.1. The maximum Gasteiger partial charge on any atom is 0.393 e. The molecule has 6 nitrogen and oxygen atoms in total. The van der Waals surface area contributed by atoms with E-state index in [1.807, 2.05) is 0 Å². The maximum absolute atomic E-state index is 14.3. The number of benzene rings is 2. The minimum atomic E-state index is -4.31. The Kier molecular flexibility index (Phi) is 7.86. The van der Waals surface area contributed by atoms with E-state index in [2.05, 4.69) is 10.6 Å². The van der Waals surface area contributed by atoms with E-state index in [0.29, 0.717) is 11.1 Å². The van der Waals surface area contributed by atoms with Gasteiger partial charge in [-0.1, -0.05) is 6.07 Å². The average molecular weight is 550 g/mol. The number of hydrogen-bond acceptors (Lipinski definition) is 4. The van der Waals surface area contributed by atoms with Crippen molar-refractivity contribution in [2.45, 2.75) is 55.1 Å². The predicted molar refractivity (Wildman–Crippen MR) is 121 cm³/mol. The summed E-state index contributed by atoms with van der Waals surface area (Å²) in [5.74, 6) is -3.57. The molecule has 0 aliphatic carbocycles. The van der Waals surface area contributed by atoms with Crippen molar-refractivity contribution in [1.82, 2.24) is 14.9 Å². The molecule has 2 aliphatic heterocycles. The third kappa shape index (κ3) is 6.27.